The number of benzene rings is 2. The van der Waals surface area contributed by atoms with Gasteiger partial charge in [-0.25, -0.2) is 0 Å². The molecule has 3 rings (SSSR count). The molecule has 2 N–H and O–H groups in total. The number of likely N-dealkylation sites (N-methyl/N-ethyl adjacent to an activating group) is 1. The Morgan fingerprint density at radius 3 is 2.78 bits per heavy atom. The van der Waals surface area contributed by atoms with Gasteiger partial charge in [0.25, 0.3) is 0 Å². The Morgan fingerprint density at radius 2 is 2.00 bits per heavy atom. The van der Waals surface area contributed by atoms with Crippen LogP contribution in [0.15, 0.2) is 47.5 Å². The summed E-state index contributed by atoms with van der Waals surface area (Å²) >= 11 is 0. The van der Waals surface area contributed by atoms with Crippen LogP contribution < -0.4 is 10.6 Å². The number of hydrogen-bond donors (Lipinski definition) is 2. The van der Waals surface area contributed by atoms with Gasteiger partial charge in [-0.15, -0.1) is 24.0 Å². The van der Waals surface area contributed by atoms with E-state index in [-0.39, 0.29) is 35.9 Å². The first-order chi connectivity index (χ1) is 12.7. The second kappa shape index (κ2) is 10.5. The lowest BCUT2D eigenvalue weighted by molar-refractivity contribution is -0.132. The quantitative estimate of drug-likeness (QED) is 0.393. The Bertz CT molecular complexity index is 787. The topological polar surface area (TPSA) is 56.7 Å². The zero-order valence-corrected chi connectivity index (χ0v) is 18.4. The van der Waals surface area contributed by atoms with Crippen LogP contribution in [0.4, 0.5) is 0 Å². The van der Waals surface area contributed by atoms with Crippen LogP contribution in [0.5, 0.6) is 0 Å². The van der Waals surface area contributed by atoms with E-state index in [2.05, 4.69) is 60.0 Å². The third-order valence-corrected chi connectivity index (χ3v) is 4.84. The maximum absolute atomic E-state index is 11.6. The first-order valence-corrected chi connectivity index (χ1v) is 9.43. The molecule has 0 saturated carbocycles. The van der Waals surface area contributed by atoms with E-state index in [9.17, 15) is 4.79 Å². The smallest absolute Gasteiger partial charge is 0.222 e. The molecule has 146 valence electrons. The minimum Gasteiger partial charge on any atom is -0.357 e. The van der Waals surface area contributed by atoms with E-state index in [1.54, 1.807) is 4.90 Å². The van der Waals surface area contributed by atoms with Crippen LogP contribution in [0.2, 0.25) is 0 Å². The van der Waals surface area contributed by atoms with Crippen molar-refractivity contribution >= 4 is 46.6 Å². The highest BCUT2D eigenvalue weighted by Crippen LogP contribution is 2.18. The lowest BCUT2D eigenvalue weighted by atomic mass is 10.0. The van der Waals surface area contributed by atoms with Crippen molar-refractivity contribution in [1.82, 2.24) is 15.5 Å². The number of carbonyl (C=O) groups excluding carboxylic acids is 1. The van der Waals surface area contributed by atoms with Crippen LogP contribution >= 0.6 is 24.0 Å². The molecular weight excluding hydrogens is 451 g/mol. The number of likely N-dealkylation sites (tertiary alicyclic amines) is 1. The average molecular weight is 480 g/mol. The average Bonchev–Trinajstić information content (AvgIpc) is 2.65. The minimum atomic E-state index is 0. The Morgan fingerprint density at radius 1 is 1.22 bits per heavy atom. The van der Waals surface area contributed by atoms with Gasteiger partial charge in [0, 0.05) is 39.1 Å². The van der Waals surface area contributed by atoms with E-state index in [0.717, 1.165) is 38.4 Å². The second-order valence-corrected chi connectivity index (χ2v) is 6.80. The van der Waals surface area contributed by atoms with Gasteiger partial charge in [0.2, 0.25) is 5.91 Å². The highest BCUT2D eigenvalue weighted by atomic mass is 127. The highest BCUT2D eigenvalue weighted by Gasteiger charge is 2.23. The van der Waals surface area contributed by atoms with Gasteiger partial charge < -0.3 is 15.5 Å². The van der Waals surface area contributed by atoms with Crippen LogP contribution in [-0.2, 0) is 11.2 Å². The minimum absolute atomic E-state index is 0. The molecule has 1 unspecified atom stereocenters. The number of halogens is 1. The van der Waals surface area contributed by atoms with Crippen molar-refractivity contribution in [3.05, 3.63) is 48.0 Å². The molecule has 1 aliphatic rings. The SMILES string of the molecule is CCNC(=NCCc1cccc2ccccc12)NC1CCC(=O)N(C)C1.I. The molecule has 0 aromatic heterocycles. The fraction of sp³-hybridized carbons (Fsp3) is 0.429. The lowest BCUT2D eigenvalue weighted by Crippen LogP contribution is -2.51. The molecule has 0 bridgehead atoms. The summed E-state index contributed by atoms with van der Waals surface area (Å²) in [5.41, 5.74) is 1.32. The standard InChI is InChI=1S/C21H28N4O.HI/c1-3-22-21(24-18-11-12-20(26)25(2)15-18)23-14-13-17-9-6-8-16-7-4-5-10-19(16)17;/h4-10,18H,3,11-15H2,1-2H3,(H2,22,23,24);1H. The largest absolute Gasteiger partial charge is 0.357 e. The van der Waals surface area contributed by atoms with Crippen molar-refractivity contribution in [3.8, 4) is 0 Å². The number of amides is 1. The van der Waals surface area contributed by atoms with E-state index in [1.165, 1.54) is 16.3 Å². The Kier molecular flexibility index (Phi) is 8.34. The Hall–Kier alpha value is -1.83. The summed E-state index contributed by atoms with van der Waals surface area (Å²) in [6, 6.07) is 15.2. The first-order valence-electron chi connectivity index (χ1n) is 9.43. The van der Waals surface area contributed by atoms with Gasteiger partial charge >= 0.3 is 0 Å². The maximum Gasteiger partial charge on any atom is 0.222 e. The fourth-order valence-corrected chi connectivity index (χ4v) is 3.44. The monoisotopic (exact) mass is 480 g/mol. The molecule has 27 heavy (non-hydrogen) atoms. The van der Waals surface area contributed by atoms with Crippen LogP contribution in [0, 0.1) is 0 Å². The van der Waals surface area contributed by atoms with E-state index >= 15 is 0 Å². The van der Waals surface area contributed by atoms with Gasteiger partial charge in [0.1, 0.15) is 0 Å². The molecule has 0 spiro atoms. The zero-order valence-electron chi connectivity index (χ0n) is 16.1. The molecule has 2 aromatic carbocycles. The normalized spacial score (nSPS) is 17.6. The van der Waals surface area contributed by atoms with Crippen molar-refractivity contribution in [2.75, 3.05) is 26.7 Å². The van der Waals surface area contributed by atoms with Crippen LogP contribution in [0.1, 0.15) is 25.3 Å². The number of piperidine rings is 1. The fourth-order valence-electron chi connectivity index (χ4n) is 3.44. The maximum atomic E-state index is 11.6. The first kappa shape index (κ1) is 21.5. The molecule has 1 saturated heterocycles. The summed E-state index contributed by atoms with van der Waals surface area (Å²) in [6.45, 7) is 4.34. The van der Waals surface area contributed by atoms with Gasteiger partial charge in [-0.3, -0.25) is 9.79 Å². The molecule has 1 fully saturated rings. The van der Waals surface area contributed by atoms with E-state index in [1.807, 2.05) is 7.05 Å². The zero-order chi connectivity index (χ0) is 18.4. The van der Waals surface area contributed by atoms with Gasteiger partial charge in [0.05, 0.1) is 0 Å². The lowest BCUT2D eigenvalue weighted by Gasteiger charge is -2.31. The summed E-state index contributed by atoms with van der Waals surface area (Å²) < 4.78 is 0. The number of aliphatic imine (C=N–C) groups is 1. The predicted octanol–water partition coefficient (Wildman–Crippen LogP) is 3.18. The molecule has 0 aliphatic carbocycles. The number of nitrogens with one attached hydrogen (secondary N) is 2. The van der Waals surface area contributed by atoms with Crippen LogP contribution in [0.25, 0.3) is 10.8 Å². The molecule has 6 heteroatoms. The van der Waals surface area contributed by atoms with Crippen molar-refractivity contribution in [2.45, 2.75) is 32.2 Å². The van der Waals surface area contributed by atoms with E-state index < -0.39 is 0 Å². The molecule has 1 amide bonds. The predicted molar refractivity (Wildman–Crippen MR) is 123 cm³/mol. The third-order valence-electron chi connectivity index (χ3n) is 4.84. The summed E-state index contributed by atoms with van der Waals surface area (Å²) in [6.07, 6.45) is 2.36. The van der Waals surface area contributed by atoms with Crippen molar-refractivity contribution in [1.29, 1.82) is 0 Å². The summed E-state index contributed by atoms with van der Waals surface area (Å²) in [5.74, 6) is 1.06. The van der Waals surface area contributed by atoms with Gasteiger partial charge in [-0.1, -0.05) is 42.5 Å². The molecule has 1 aliphatic heterocycles. The van der Waals surface area contributed by atoms with Gasteiger partial charge in [-0.2, -0.15) is 0 Å². The summed E-state index contributed by atoms with van der Waals surface area (Å²) in [7, 11) is 1.86. The number of hydrogen-bond acceptors (Lipinski definition) is 2. The van der Waals surface area contributed by atoms with Gasteiger partial charge in [-0.05, 0) is 36.1 Å². The molecule has 0 radical (unpaired) electrons. The van der Waals surface area contributed by atoms with Crippen molar-refractivity contribution < 1.29 is 4.79 Å². The molecular formula is C21H29IN4O. The molecule has 1 heterocycles. The molecule has 1 atom stereocenters. The third kappa shape index (κ3) is 5.82. The molecule has 2 aromatic rings. The molecule has 5 nitrogen and oxygen atoms in total. The number of fused-ring (bicyclic) bond motifs is 1. The van der Waals surface area contributed by atoms with Crippen molar-refractivity contribution in [2.24, 2.45) is 4.99 Å². The van der Waals surface area contributed by atoms with Crippen LogP contribution in [0.3, 0.4) is 0 Å². The summed E-state index contributed by atoms with van der Waals surface area (Å²) in [5, 5.41) is 9.36. The number of nitrogens with zero attached hydrogens (tertiary/aromatic N) is 2. The Labute approximate surface area is 178 Å². The van der Waals surface area contributed by atoms with Gasteiger partial charge in [0.15, 0.2) is 5.96 Å². The second-order valence-electron chi connectivity index (χ2n) is 6.80. The Balaban J connectivity index is 0.00000261. The highest BCUT2D eigenvalue weighted by molar-refractivity contribution is 14.0. The van der Waals surface area contributed by atoms with Crippen molar-refractivity contribution in [3.63, 3.8) is 0 Å². The number of carbonyl (C=O) groups is 1. The van der Waals surface area contributed by atoms with E-state index in [0.29, 0.717) is 6.42 Å². The number of rotatable bonds is 5. The van der Waals surface area contributed by atoms with Crippen LogP contribution in [-0.4, -0.2) is 49.5 Å². The number of guanidine groups is 1. The summed E-state index contributed by atoms with van der Waals surface area (Å²) in [4.78, 5) is 18.2. The van der Waals surface area contributed by atoms with E-state index in [4.69, 9.17) is 4.99 Å².